The minimum atomic E-state index is -0.298. The summed E-state index contributed by atoms with van der Waals surface area (Å²) in [4.78, 5) is 13.9. The molecule has 0 aliphatic rings. The van der Waals surface area contributed by atoms with Crippen LogP contribution in [0.4, 0.5) is 16.2 Å². The van der Waals surface area contributed by atoms with Gasteiger partial charge in [-0.2, -0.15) is 0 Å². The number of anilines is 2. The largest absolute Gasteiger partial charge is 0.473 e. The van der Waals surface area contributed by atoms with Gasteiger partial charge >= 0.3 is 6.03 Å². The summed E-state index contributed by atoms with van der Waals surface area (Å²) in [5, 5.41) is 5.47. The van der Waals surface area contributed by atoms with E-state index in [0.717, 1.165) is 30.0 Å². The van der Waals surface area contributed by atoms with Crippen molar-refractivity contribution in [3.63, 3.8) is 0 Å². The normalized spacial score (nSPS) is 10.1. The van der Waals surface area contributed by atoms with Crippen molar-refractivity contribution in [2.24, 2.45) is 0 Å². The van der Waals surface area contributed by atoms with E-state index >= 15 is 0 Å². The average molecular weight is 327 g/mol. The number of rotatable bonds is 7. The van der Waals surface area contributed by atoms with Crippen LogP contribution in [0.2, 0.25) is 0 Å². The fourth-order valence-electron chi connectivity index (χ4n) is 2.26. The number of amides is 2. The van der Waals surface area contributed by atoms with Gasteiger partial charge in [0.05, 0.1) is 0 Å². The highest BCUT2D eigenvalue weighted by Gasteiger charge is 2.03. The van der Waals surface area contributed by atoms with Gasteiger partial charge in [0, 0.05) is 25.5 Å². The SMILES string of the molecule is CCCc1ccc(OCNC(=O)Nc2cccc(N(C)C)c2)cc1. The van der Waals surface area contributed by atoms with Gasteiger partial charge in [0.15, 0.2) is 6.73 Å². The molecule has 0 saturated heterocycles. The lowest BCUT2D eigenvalue weighted by Gasteiger charge is -2.14. The molecule has 2 aromatic carbocycles. The van der Waals surface area contributed by atoms with Crippen LogP contribution in [0.25, 0.3) is 0 Å². The number of hydrogen-bond acceptors (Lipinski definition) is 3. The van der Waals surface area contributed by atoms with Crippen molar-refractivity contribution in [2.45, 2.75) is 19.8 Å². The fourth-order valence-corrected chi connectivity index (χ4v) is 2.26. The van der Waals surface area contributed by atoms with E-state index in [-0.39, 0.29) is 12.8 Å². The van der Waals surface area contributed by atoms with Crippen LogP contribution in [0.5, 0.6) is 5.75 Å². The van der Waals surface area contributed by atoms with Crippen LogP contribution < -0.4 is 20.3 Å². The van der Waals surface area contributed by atoms with Crippen molar-refractivity contribution in [3.05, 3.63) is 54.1 Å². The lowest BCUT2D eigenvalue weighted by molar-refractivity contribution is 0.234. The second-order valence-corrected chi connectivity index (χ2v) is 5.76. The van der Waals surface area contributed by atoms with Crippen LogP contribution in [0, 0.1) is 0 Å². The molecule has 0 spiro atoms. The summed E-state index contributed by atoms with van der Waals surface area (Å²) in [6, 6.07) is 15.3. The van der Waals surface area contributed by atoms with Gasteiger partial charge < -0.3 is 20.3 Å². The molecule has 0 radical (unpaired) electrons. The zero-order valence-electron chi connectivity index (χ0n) is 14.5. The van der Waals surface area contributed by atoms with Gasteiger partial charge in [0.1, 0.15) is 5.75 Å². The molecule has 0 aromatic heterocycles. The van der Waals surface area contributed by atoms with Gasteiger partial charge in [-0.15, -0.1) is 0 Å². The maximum atomic E-state index is 11.9. The summed E-state index contributed by atoms with van der Waals surface area (Å²) in [5.41, 5.74) is 3.05. The molecule has 2 amide bonds. The monoisotopic (exact) mass is 327 g/mol. The van der Waals surface area contributed by atoms with Crippen molar-refractivity contribution in [2.75, 3.05) is 31.0 Å². The number of benzene rings is 2. The first-order valence-electron chi connectivity index (χ1n) is 8.12. The molecule has 0 fully saturated rings. The van der Waals surface area contributed by atoms with E-state index in [4.69, 9.17) is 4.74 Å². The predicted molar refractivity (Wildman–Crippen MR) is 98.9 cm³/mol. The molecule has 0 atom stereocenters. The van der Waals surface area contributed by atoms with E-state index in [2.05, 4.69) is 17.6 Å². The van der Waals surface area contributed by atoms with Crippen LogP contribution in [0.3, 0.4) is 0 Å². The summed E-state index contributed by atoms with van der Waals surface area (Å²) in [7, 11) is 3.91. The number of urea groups is 1. The Labute approximate surface area is 143 Å². The van der Waals surface area contributed by atoms with Gasteiger partial charge in [0.25, 0.3) is 0 Å². The van der Waals surface area contributed by atoms with Crippen molar-refractivity contribution < 1.29 is 9.53 Å². The number of aryl methyl sites for hydroxylation is 1. The molecule has 5 heteroatoms. The van der Waals surface area contributed by atoms with Gasteiger partial charge in [-0.3, -0.25) is 0 Å². The van der Waals surface area contributed by atoms with Crippen LogP contribution in [0.1, 0.15) is 18.9 Å². The third-order valence-corrected chi connectivity index (χ3v) is 3.55. The Morgan fingerprint density at radius 3 is 2.54 bits per heavy atom. The first kappa shape index (κ1) is 17.7. The summed E-state index contributed by atoms with van der Waals surface area (Å²) in [6.45, 7) is 2.27. The number of carbonyl (C=O) groups excluding carboxylic acids is 1. The standard InChI is InChI=1S/C19H25N3O2/c1-4-6-15-9-11-18(12-10-15)24-14-20-19(23)21-16-7-5-8-17(13-16)22(2)3/h5,7-13H,4,6,14H2,1-3H3,(H2,20,21,23). The molecule has 0 aliphatic heterocycles. The van der Waals surface area contributed by atoms with E-state index in [1.807, 2.05) is 67.5 Å². The highest BCUT2D eigenvalue weighted by molar-refractivity contribution is 5.89. The number of carbonyl (C=O) groups is 1. The predicted octanol–water partition coefficient (Wildman–Crippen LogP) is 3.86. The Hall–Kier alpha value is -2.69. The van der Waals surface area contributed by atoms with E-state index in [9.17, 15) is 4.79 Å². The molecular formula is C19H25N3O2. The first-order valence-corrected chi connectivity index (χ1v) is 8.12. The molecule has 0 heterocycles. The van der Waals surface area contributed by atoms with Crippen LogP contribution >= 0.6 is 0 Å². The van der Waals surface area contributed by atoms with Gasteiger partial charge in [-0.1, -0.05) is 31.5 Å². The number of nitrogens with one attached hydrogen (secondary N) is 2. The Balaban J connectivity index is 1.78. The first-order chi connectivity index (χ1) is 11.6. The summed E-state index contributed by atoms with van der Waals surface area (Å²) in [5.74, 6) is 0.741. The number of ether oxygens (including phenoxy) is 1. The van der Waals surface area contributed by atoms with E-state index in [0.29, 0.717) is 0 Å². The molecule has 0 saturated carbocycles. The third-order valence-electron chi connectivity index (χ3n) is 3.55. The minimum Gasteiger partial charge on any atom is -0.473 e. The van der Waals surface area contributed by atoms with Crippen molar-refractivity contribution in [3.8, 4) is 5.75 Å². The highest BCUT2D eigenvalue weighted by Crippen LogP contribution is 2.17. The quantitative estimate of drug-likeness (QED) is 0.759. The third kappa shape index (κ3) is 5.50. The molecule has 2 N–H and O–H groups in total. The summed E-state index contributed by atoms with van der Waals surface area (Å²) >= 11 is 0. The molecule has 0 bridgehead atoms. The topological polar surface area (TPSA) is 53.6 Å². The smallest absolute Gasteiger partial charge is 0.321 e. The molecule has 24 heavy (non-hydrogen) atoms. The molecule has 2 aromatic rings. The van der Waals surface area contributed by atoms with Gasteiger partial charge in [0.2, 0.25) is 0 Å². The Bertz CT molecular complexity index is 654. The zero-order valence-corrected chi connectivity index (χ0v) is 14.5. The molecule has 5 nitrogen and oxygen atoms in total. The van der Waals surface area contributed by atoms with Crippen molar-refractivity contribution in [1.82, 2.24) is 5.32 Å². The lowest BCUT2D eigenvalue weighted by Crippen LogP contribution is -2.32. The van der Waals surface area contributed by atoms with E-state index in [1.165, 1.54) is 5.56 Å². The molecule has 0 aliphatic carbocycles. The molecular weight excluding hydrogens is 302 g/mol. The summed E-state index contributed by atoms with van der Waals surface area (Å²) < 4.78 is 5.53. The van der Waals surface area contributed by atoms with Crippen molar-refractivity contribution >= 4 is 17.4 Å². The number of hydrogen-bond donors (Lipinski definition) is 2. The second kappa shape index (κ2) is 8.82. The van der Waals surface area contributed by atoms with Crippen LogP contribution in [-0.2, 0) is 6.42 Å². The Kier molecular flexibility index (Phi) is 6.49. The molecule has 128 valence electrons. The lowest BCUT2D eigenvalue weighted by atomic mass is 10.1. The van der Waals surface area contributed by atoms with Gasteiger partial charge in [-0.25, -0.2) is 4.79 Å². The van der Waals surface area contributed by atoms with E-state index in [1.54, 1.807) is 0 Å². The summed E-state index contributed by atoms with van der Waals surface area (Å²) in [6.07, 6.45) is 2.18. The van der Waals surface area contributed by atoms with Gasteiger partial charge in [-0.05, 0) is 42.3 Å². The molecule has 2 rings (SSSR count). The van der Waals surface area contributed by atoms with Crippen molar-refractivity contribution in [1.29, 1.82) is 0 Å². The van der Waals surface area contributed by atoms with Crippen LogP contribution in [-0.4, -0.2) is 26.9 Å². The second-order valence-electron chi connectivity index (χ2n) is 5.76. The zero-order chi connectivity index (χ0) is 17.4. The van der Waals surface area contributed by atoms with E-state index < -0.39 is 0 Å². The molecule has 0 unspecified atom stereocenters. The highest BCUT2D eigenvalue weighted by atomic mass is 16.5. The minimum absolute atomic E-state index is 0.117. The fraction of sp³-hybridized carbons (Fsp3) is 0.316. The maximum Gasteiger partial charge on any atom is 0.321 e. The Morgan fingerprint density at radius 1 is 1.12 bits per heavy atom. The number of nitrogens with zero attached hydrogens (tertiary/aromatic N) is 1. The Morgan fingerprint density at radius 2 is 1.88 bits per heavy atom. The maximum absolute atomic E-state index is 11.9. The average Bonchev–Trinajstić information content (AvgIpc) is 2.57. The van der Waals surface area contributed by atoms with Crippen LogP contribution in [0.15, 0.2) is 48.5 Å².